The average molecular weight is 321 g/mol. The Labute approximate surface area is 122 Å². The van der Waals surface area contributed by atoms with Crippen LogP contribution in [0.5, 0.6) is 0 Å². The molecule has 1 aliphatic carbocycles. The Morgan fingerprint density at radius 1 is 1.38 bits per heavy atom. The van der Waals surface area contributed by atoms with Gasteiger partial charge in [0.15, 0.2) is 5.82 Å². The molecule has 1 fully saturated rings. The average Bonchev–Trinajstić information content (AvgIpc) is 3.23. The van der Waals surface area contributed by atoms with Gasteiger partial charge in [0.1, 0.15) is 10.7 Å². The Balaban J connectivity index is 2.42. The number of aliphatic hydroxyl groups excluding tert-OH is 1. The molecule has 0 spiro atoms. The van der Waals surface area contributed by atoms with E-state index in [9.17, 15) is 17.2 Å². The standard InChI is InChI=1S/C13H17F2NO4S/c1-20-7-6-16(9-2-3-9)21(18,19)12-5-4-11(14)10(8-17)13(12)15/h4-5,9,17H,2-3,6-8H2,1H3. The quantitative estimate of drug-likeness (QED) is 0.821. The lowest BCUT2D eigenvalue weighted by Gasteiger charge is -2.22. The van der Waals surface area contributed by atoms with E-state index in [0.717, 1.165) is 12.1 Å². The van der Waals surface area contributed by atoms with Gasteiger partial charge in [0, 0.05) is 19.7 Å². The lowest BCUT2D eigenvalue weighted by molar-refractivity contribution is 0.177. The Bertz CT molecular complexity index is 617. The minimum absolute atomic E-state index is 0.106. The molecule has 0 heterocycles. The Morgan fingerprint density at radius 2 is 2.05 bits per heavy atom. The predicted octanol–water partition coefficient (Wildman–Crippen LogP) is 1.26. The minimum atomic E-state index is -4.09. The van der Waals surface area contributed by atoms with Crippen LogP contribution in [0.15, 0.2) is 17.0 Å². The molecule has 0 bridgehead atoms. The van der Waals surface area contributed by atoms with Crippen molar-refractivity contribution in [1.82, 2.24) is 4.31 Å². The number of nitrogens with zero attached hydrogens (tertiary/aromatic N) is 1. The zero-order valence-corrected chi connectivity index (χ0v) is 12.4. The highest BCUT2D eigenvalue weighted by molar-refractivity contribution is 7.89. The van der Waals surface area contributed by atoms with Crippen molar-refractivity contribution in [2.45, 2.75) is 30.4 Å². The van der Waals surface area contributed by atoms with Crippen LogP contribution in [0.2, 0.25) is 0 Å². The Hall–Kier alpha value is -1.09. The number of hydrogen-bond donors (Lipinski definition) is 1. The summed E-state index contributed by atoms with van der Waals surface area (Å²) in [5, 5.41) is 8.98. The van der Waals surface area contributed by atoms with Gasteiger partial charge < -0.3 is 9.84 Å². The summed E-state index contributed by atoms with van der Waals surface area (Å²) in [6.07, 6.45) is 1.41. The highest BCUT2D eigenvalue weighted by atomic mass is 32.2. The largest absolute Gasteiger partial charge is 0.391 e. The molecule has 118 valence electrons. The summed E-state index contributed by atoms with van der Waals surface area (Å²) in [5.41, 5.74) is -0.640. The second kappa shape index (κ2) is 6.35. The summed E-state index contributed by atoms with van der Waals surface area (Å²) >= 11 is 0. The van der Waals surface area contributed by atoms with E-state index in [1.54, 1.807) is 0 Å². The molecule has 1 N–H and O–H groups in total. The van der Waals surface area contributed by atoms with Gasteiger partial charge >= 0.3 is 0 Å². The minimum Gasteiger partial charge on any atom is -0.391 e. The second-order valence-corrected chi connectivity index (χ2v) is 6.69. The van der Waals surface area contributed by atoms with E-state index in [-0.39, 0.29) is 19.2 Å². The highest BCUT2D eigenvalue weighted by Crippen LogP contribution is 2.33. The van der Waals surface area contributed by atoms with E-state index in [2.05, 4.69) is 0 Å². The highest BCUT2D eigenvalue weighted by Gasteiger charge is 2.39. The van der Waals surface area contributed by atoms with Crippen molar-refractivity contribution in [2.24, 2.45) is 0 Å². The van der Waals surface area contributed by atoms with Crippen LogP contribution in [0.3, 0.4) is 0 Å². The van der Waals surface area contributed by atoms with Gasteiger partial charge in [-0.15, -0.1) is 0 Å². The van der Waals surface area contributed by atoms with Crippen LogP contribution in [0, 0.1) is 11.6 Å². The molecule has 1 aliphatic rings. The van der Waals surface area contributed by atoms with E-state index < -0.39 is 38.7 Å². The number of methoxy groups -OCH3 is 1. The maximum absolute atomic E-state index is 14.2. The zero-order chi connectivity index (χ0) is 15.6. The van der Waals surface area contributed by atoms with Crippen molar-refractivity contribution in [1.29, 1.82) is 0 Å². The monoisotopic (exact) mass is 321 g/mol. The van der Waals surface area contributed by atoms with Crippen molar-refractivity contribution >= 4 is 10.0 Å². The Kier molecular flexibility index (Phi) is 4.92. The van der Waals surface area contributed by atoms with Gasteiger partial charge in [-0.3, -0.25) is 0 Å². The molecule has 0 atom stereocenters. The summed E-state index contributed by atoms with van der Waals surface area (Å²) in [5.74, 6) is -2.20. The van der Waals surface area contributed by atoms with E-state index >= 15 is 0 Å². The Morgan fingerprint density at radius 3 is 2.57 bits per heavy atom. The summed E-state index contributed by atoms with van der Waals surface area (Å²) in [4.78, 5) is -0.615. The van der Waals surface area contributed by atoms with Crippen LogP contribution in [-0.4, -0.2) is 44.1 Å². The summed E-state index contributed by atoms with van der Waals surface area (Å²) < 4.78 is 58.7. The number of halogens is 2. The summed E-state index contributed by atoms with van der Waals surface area (Å²) in [7, 11) is -2.65. The maximum Gasteiger partial charge on any atom is 0.246 e. The molecule has 0 amide bonds. The van der Waals surface area contributed by atoms with Crippen molar-refractivity contribution in [3.05, 3.63) is 29.3 Å². The first kappa shape index (κ1) is 16.3. The van der Waals surface area contributed by atoms with Gasteiger partial charge in [-0.2, -0.15) is 4.31 Å². The number of ether oxygens (including phenoxy) is 1. The summed E-state index contributed by atoms with van der Waals surface area (Å²) in [6, 6.07) is 1.57. The lowest BCUT2D eigenvalue weighted by Crippen LogP contribution is -2.36. The molecule has 5 nitrogen and oxygen atoms in total. The van der Waals surface area contributed by atoms with Gasteiger partial charge in [0.05, 0.1) is 18.8 Å². The predicted molar refractivity (Wildman–Crippen MR) is 71.1 cm³/mol. The molecule has 1 aromatic rings. The topological polar surface area (TPSA) is 66.8 Å². The first-order chi connectivity index (χ1) is 9.93. The van der Waals surface area contributed by atoms with E-state index in [1.807, 2.05) is 0 Å². The number of sulfonamides is 1. The number of rotatable bonds is 7. The maximum atomic E-state index is 14.2. The number of benzene rings is 1. The van der Waals surface area contributed by atoms with Crippen LogP contribution < -0.4 is 0 Å². The normalized spacial score (nSPS) is 15.7. The fourth-order valence-electron chi connectivity index (χ4n) is 2.09. The molecule has 2 rings (SSSR count). The fourth-order valence-corrected chi connectivity index (χ4v) is 3.85. The first-order valence-corrected chi connectivity index (χ1v) is 7.96. The molecule has 8 heteroatoms. The van der Waals surface area contributed by atoms with Gasteiger partial charge in [0.25, 0.3) is 0 Å². The van der Waals surface area contributed by atoms with Crippen LogP contribution in [-0.2, 0) is 21.4 Å². The van der Waals surface area contributed by atoms with Crippen LogP contribution >= 0.6 is 0 Å². The molecule has 21 heavy (non-hydrogen) atoms. The zero-order valence-electron chi connectivity index (χ0n) is 11.6. The smallest absolute Gasteiger partial charge is 0.246 e. The lowest BCUT2D eigenvalue weighted by atomic mass is 10.2. The van der Waals surface area contributed by atoms with E-state index in [0.29, 0.717) is 12.8 Å². The summed E-state index contributed by atoms with van der Waals surface area (Å²) in [6.45, 7) is -0.608. The van der Waals surface area contributed by atoms with Crippen LogP contribution in [0.25, 0.3) is 0 Å². The molecule has 0 radical (unpaired) electrons. The third kappa shape index (κ3) is 3.23. The SMILES string of the molecule is COCCN(C1CC1)S(=O)(=O)c1ccc(F)c(CO)c1F. The van der Waals surface area contributed by atoms with Crippen LogP contribution in [0.1, 0.15) is 18.4 Å². The van der Waals surface area contributed by atoms with Gasteiger partial charge in [-0.1, -0.05) is 0 Å². The molecular weight excluding hydrogens is 304 g/mol. The van der Waals surface area contributed by atoms with Crippen molar-refractivity contribution in [3.63, 3.8) is 0 Å². The fraction of sp³-hybridized carbons (Fsp3) is 0.538. The molecular formula is C13H17F2NO4S. The van der Waals surface area contributed by atoms with E-state index in [1.165, 1.54) is 11.4 Å². The van der Waals surface area contributed by atoms with Crippen LogP contribution in [0.4, 0.5) is 8.78 Å². The van der Waals surface area contributed by atoms with Gasteiger partial charge in [0.2, 0.25) is 10.0 Å². The molecule has 0 aliphatic heterocycles. The van der Waals surface area contributed by atoms with Crippen molar-refractivity contribution in [2.75, 3.05) is 20.3 Å². The van der Waals surface area contributed by atoms with Gasteiger partial charge in [-0.05, 0) is 25.0 Å². The van der Waals surface area contributed by atoms with Crippen molar-refractivity contribution < 1.29 is 27.0 Å². The molecule has 1 saturated carbocycles. The second-order valence-electron chi connectivity index (χ2n) is 4.84. The molecule has 0 aromatic heterocycles. The number of hydrogen-bond acceptors (Lipinski definition) is 4. The molecule has 0 saturated heterocycles. The third-order valence-electron chi connectivity index (χ3n) is 3.37. The number of aliphatic hydroxyl groups is 1. The van der Waals surface area contributed by atoms with Gasteiger partial charge in [-0.25, -0.2) is 17.2 Å². The third-order valence-corrected chi connectivity index (χ3v) is 5.33. The van der Waals surface area contributed by atoms with Crippen molar-refractivity contribution in [3.8, 4) is 0 Å². The first-order valence-electron chi connectivity index (χ1n) is 6.52. The molecule has 0 unspecified atom stereocenters. The molecule has 1 aromatic carbocycles. The van der Waals surface area contributed by atoms with E-state index in [4.69, 9.17) is 9.84 Å².